The van der Waals surface area contributed by atoms with Gasteiger partial charge in [-0.05, 0) is 119 Å². The fraction of sp³-hybridized carbons (Fsp3) is 0.517. The van der Waals surface area contributed by atoms with Crippen LogP contribution in [-0.4, -0.2) is 117 Å². The van der Waals surface area contributed by atoms with E-state index in [1.54, 1.807) is 20.7 Å². The van der Waals surface area contributed by atoms with E-state index in [0.29, 0.717) is 46.0 Å². The SMILES string of the molecule is Cc1ncsc1-c1ccc([C@H](C)NC(=O)[C@@H]2C[C@@H](O)CN2C(=O)[C@@H](n2cc(C3CCN(CC4(COc5cc(-c6ccn(C)n6)nc(-c6noc7c6CCC[C@@]76CCCc7sc(N)c(C#N)c76)n5)CC4)CC3)nn2)C(C)(C)C)cc1. The van der Waals surface area contributed by atoms with Gasteiger partial charge < -0.3 is 35.2 Å². The van der Waals surface area contributed by atoms with Crippen LogP contribution in [0.15, 0.2) is 58.8 Å². The summed E-state index contributed by atoms with van der Waals surface area (Å²) in [5, 5.41) is 43.5. The molecule has 8 heterocycles. The van der Waals surface area contributed by atoms with E-state index in [2.05, 4.69) is 36.7 Å². The summed E-state index contributed by atoms with van der Waals surface area (Å²) in [7, 11) is 1.88. The number of nitrogen functional groups attached to an aromatic ring is 1. The zero-order valence-corrected chi connectivity index (χ0v) is 47.4. The minimum absolute atomic E-state index is 0.0192. The van der Waals surface area contributed by atoms with E-state index >= 15 is 0 Å². The highest BCUT2D eigenvalue weighted by Crippen LogP contribution is 2.55. The van der Waals surface area contributed by atoms with Crippen LogP contribution in [0.2, 0.25) is 0 Å². The molecule has 79 heavy (non-hydrogen) atoms. The van der Waals surface area contributed by atoms with Crippen LogP contribution in [0.4, 0.5) is 5.00 Å². The number of fused-ring (bicyclic) bond motifs is 4. The highest BCUT2D eigenvalue weighted by atomic mass is 32.1. The van der Waals surface area contributed by atoms with Crippen LogP contribution in [0.3, 0.4) is 0 Å². The van der Waals surface area contributed by atoms with Crippen LogP contribution >= 0.6 is 22.7 Å². The second kappa shape index (κ2) is 20.7. The van der Waals surface area contributed by atoms with Crippen molar-refractivity contribution in [2.24, 2.45) is 17.9 Å². The zero-order valence-electron chi connectivity index (χ0n) is 45.7. The molecule has 1 saturated carbocycles. The number of nitrogens with zero attached hydrogens (tertiary/aromatic N) is 12. The molecule has 5 atom stereocenters. The number of carbonyl (C=O) groups excluding carboxylic acids is 2. The number of aliphatic hydroxyl groups is 1. The van der Waals surface area contributed by atoms with Crippen LogP contribution < -0.4 is 15.8 Å². The smallest absolute Gasteiger partial charge is 0.248 e. The Balaban J connectivity index is 0.696. The fourth-order valence-electron chi connectivity index (χ4n) is 13.0. The Bertz CT molecular complexity index is 3460. The number of thiazole rings is 1. The van der Waals surface area contributed by atoms with Gasteiger partial charge >= 0.3 is 0 Å². The van der Waals surface area contributed by atoms with Crippen LogP contribution in [0, 0.1) is 29.1 Å². The highest BCUT2D eigenvalue weighted by Gasteiger charge is 2.50. The van der Waals surface area contributed by atoms with Gasteiger partial charge in [0.2, 0.25) is 17.7 Å². The average molecular weight is 1110 g/mol. The number of thiophene rings is 1. The van der Waals surface area contributed by atoms with Crippen molar-refractivity contribution in [1.29, 1.82) is 5.26 Å². The lowest BCUT2D eigenvalue weighted by Gasteiger charge is -2.39. The number of hydrogen-bond donors (Lipinski definition) is 3. The summed E-state index contributed by atoms with van der Waals surface area (Å²) in [4.78, 5) is 49.5. The molecule has 6 aromatic heterocycles. The molecule has 21 heteroatoms. The molecular weight excluding hydrogens is 1040 g/mol. The third-order valence-electron chi connectivity index (χ3n) is 17.3. The molecule has 0 bridgehead atoms. The topological polar surface area (TPSA) is 245 Å². The number of benzene rings is 1. The van der Waals surface area contributed by atoms with E-state index in [0.717, 1.165) is 128 Å². The molecule has 2 saturated heterocycles. The number of piperidine rings is 1. The number of rotatable bonds is 14. The van der Waals surface area contributed by atoms with Gasteiger partial charge in [0.05, 0.1) is 57.2 Å². The van der Waals surface area contributed by atoms with Gasteiger partial charge in [-0.3, -0.25) is 14.3 Å². The maximum absolute atomic E-state index is 14.7. The van der Waals surface area contributed by atoms with Crippen molar-refractivity contribution in [3.8, 4) is 45.3 Å². The molecule has 12 rings (SSSR count). The fourth-order valence-corrected chi connectivity index (χ4v) is 14.9. The Labute approximate surface area is 467 Å². The van der Waals surface area contributed by atoms with E-state index in [4.69, 9.17) is 30.1 Å². The molecule has 1 aromatic carbocycles. The summed E-state index contributed by atoms with van der Waals surface area (Å²) in [5.74, 6) is 1.29. The predicted molar refractivity (Wildman–Crippen MR) is 299 cm³/mol. The van der Waals surface area contributed by atoms with Gasteiger partial charge in [-0.25, -0.2) is 14.6 Å². The molecular formula is C58H68N14O5S2. The van der Waals surface area contributed by atoms with E-state index in [1.165, 1.54) is 21.1 Å². The minimum Gasteiger partial charge on any atom is -0.477 e. The van der Waals surface area contributed by atoms with Crippen molar-refractivity contribution in [3.63, 3.8) is 0 Å². The number of hydrogen-bond acceptors (Lipinski definition) is 17. The molecule has 4 N–H and O–H groups in total. The second-order valence-corrected chi connectivity index (χ2v) is 25.9. The van der Waals surface area contributed by atoms with Crippen molar-refractivity contribution in [2.45, 2.75) is 141 Å². The first-order chi connectivity index (χ1) is 38.0. The molecule has 412 valence electrons. The number of aliphatic hydroxyl groups excluding tert-OH is 1. The van der Waals surface area contributed by atoms with Gasteiger partial charge in [-0.1, -0.05) is 55.4 Å². The highest BCUT2D eigenvalue weighted by molar-refractivity contribution is 7.16. The molecule has 3 fully saturated rings. The lowest BCUT2D eigenvalue weighted by molar-refractivity contribution is -0.144. The summed E-state index contributed by atoms with van der Waals surface area (Å²) < 4.78 is 16.5. The average Bonchev–Trinajstić information content (AvgIpc) is 4.09. The Morgan fingerprint density at radius 1 is 1.06 bits per heavy atom. The van der Waals surface area contributed by atoms with E-state index in [1.807, 2.05) is 96.0 Å². The first-order valence-electron chi connectivity index (χ1n) is 27.8. The van der Waals surface area contributed by atoms with Gasteiger partial charge in [-0.15, -0.1) is 27.8 Å². The Morgan fingerprint density at radius 3 is 2.53 bits per heavy atom. The number of aromatic nitrogens is 9. The largest absolute Gasteiger partial charge is 0.477 e. The third kappa shape index (κ3) is 10.0. The van der Waals surface area contributed by atoms with Gasteiger partial charge in [0.1, 0.15) is 28.8 Å². The summed E-state index contributed by atoms with van der Waals surface area (Å²) in [6.07, 6.45) is 12.3. The number of nitrogens with two attached hydrogens (primary N) is 1. The minimum atomic E-state index is -0.832. The van der Waals surface area contributed by atoms with Crippen LogP contribution in [0.25, 0.3) is 33.3 Å². The van der Waals surface area contributed by atoms with E-state index in [9.17, 15) is 20.0 Å². The Hall–Kier alpha value is -6.86. The predicted octanol–water partition coefficient (Wildman–Crippen LogP) is 8.49. The first-order valence-corrected chi connectivity index (χ1v) is 29.5. The molecule has 19 nitrogen and oxygen atoms in total. The van der Waals surface area contributed by atoms with Crippen LogP contribution in [-0.2, 0) is 34.9 Å². The van der Waals surface area contributed by atoms with E-state index in [-0.39, 0.29) is 42.2 Å². The number of nitriles is 1. The number of nitrogens with one attached hydrogen (secondary N) is 1. The van der Waals surface area contributed by atoms with Crippen LogP contribution in [0.1, 0.15) is 148 Å². The number of β-amino-alcohol motifs (C(OH)–C–C–N with tert-alkyl or cyclic N) is 1. The summed E-state index contributed by atoms with van der Waals surface area (Å²) in [5.41, 5.74) is 15.6. The lowest BCUT2D eigenvalue weighted by atomic mass is 9.63. The summed E-state index contributed by atoms with van der Waals surface area (Å²) >= 11 is 3.12. The number of amides is 2. The molecule has 5 aliphatic rings. The van der Waals surface area contributed by atoms with E-state index < -0.39 is 29.0 Å². The van der Waals surface area contributed by atoms with Crippen molar-refractivity contribution in [3.05, 3.63) is 98.6 Å². The van der Waals surface area contributed by atoms with Gasteiger partial charge in [-0.2, -0.15) is 15.3 Å². The second-order valence-electron chi connectivity index (χ2n) is 23.9. The lowest BCUT2D eigenvalue weighted by Crippen LogP contribution is -2.50. The maximum atomic E-state index is 14.7. The Kier molecular flexibility index (Phi) is 13.8. The molecule has 7 aromatic rings. The van der Waals surface area contributed by atoms with Gasteiger partial charge in [0, 0.05) is 66.8 Å². The molecule has 0 radical (unpaired) electrons. The number of anilines is 1. The zero-order chi connectivity index (χ0) is 55.0. The summed E-state index contributed by atoms with van der Waals surface area (Å²) in [6.45, 7) is 13.1. The standard InChI is InChI=1S/C58H68N14O5S2/c1-33(35-11-13-37(14-12-35)49-34(2)61-32-78-49)62-54(74)44-25-38(73)28-71(44)55(75)50(56(3,4)5)72-29-43(65-68-72)36-15-23-70(24-16-36)30-57(20-21-57)31-76-46-26-42(41-17-22-69(6)66-41)63-53(64-46)48-39-9-7-18-58(51(39)77-67-48)19-8-10-45-47(58)40(27-59)52(60)79-45/h11-14,17,22,26,29,32-33,36,38,44,50,73H,7-10,15-16,18-21,23-25,28,30-31,60H2,1-6H3,(H,62,74)/t33-,38+,44-,50+,58-/m0/s1. The number of aryl methyl sites for hydroxylation is 3. The van der Waals surface area contributed by atoms with Gasteiger partial charge in [0.25, 0.3) is 0 Å². The van der Waals surface area contributed by atoms with Gasteiger partial charge in [0.15, 0.2) is 17.3 Å². The number of carbonyl (C=O) groups is 2. The van der Waals surface area contributed by atoms with Crippen LogP contribution in [0.5, 0.6) is 5.88 Å². The summed E-state index contributed by atoms with van der Waals surface area (Å²) in [6, 6.07) is 12.4. The monoisotopic (exact) mass is 1100 g/mol. The Morgan fingerprint density at radius 2 is 1.84 bits per heavy atom. The normalized spacial score (nSPS) is 21.8. The maximum Gasteiger partial charge on any atom is 0.248 e. The van der Waals surface area contributed by atoms with Crippen molar-refractivity contribution in [1.82, 2.24) is 60.0 Å². The third-order valence-corrected chi connectivity index (χ3v) is 19.3. The first kappa shape index (κ1) is 52.8. The quantitative estimate of drug-likeness (QED) is 0.0924. The van der Waals surface area contributed by atoms with Crippen molar-refractivity contribution >= 4 is 39.5 Å². The molecule has 0 unspecified atom stereocenters. The number of likely N-dealkylation sites (tertiary alicyclic amines) is 2. The molecule has 2 aliphatic heterocycles. The molecule has 1 spiro atoms. The molecule has 3 aliphatic carbocycles. The molecule has 2 amide bonds. The number of ether oxygens (including phenoxy) is 1. The van der Waals surface area contributed by atoms with Crippen molar-refractivity contribution < 1.29 is 24.0 Å². The van der Waals surface area contributed by atoms with Crippen molar-refractivity contribution in [2.75, 3.05) is 38.5 Å².